The van der Waals surface area contributed by atoms with Crippen molar-refractivity contribution in [2.45, 2.75) is 4.83 Å². The molecule has 4 heteroatoms. The number of benzene rings is 2. The molecule has 0 nitrogen and oxygen atoms in total. The Hall–Kier alpha value is -0.380. The van der Waals surface area contributed by atoms with Crippen molar-refractivity contribution >= 4 is 43.5 Å². The maximum atomic E-state index is 13.1. The van der Waals surface area contributed by atoms with E-state index in [1.165, 1.54) is 6.07 Å². The highest BCUT2D eigenvalue weighted by Gasteiger charge is 2.11. The minimum Gasteiger partial charge on any atom is -0.205 e. The van der Waals surface area contributed by atoms with Crippen molar-refractivity contribution in [1.29, 1.82) is 0 Å². The summed E-state index contributed by atoms with van der Waals surface area (Å²) in [7, 11) is 0. The van der Waals surface area contributed by atoms with Crippen LogP contribution < -0.4 is 0 Å². The molecular weight excluding hydrogens is 370 g/mol. The lowest BCUT2D eigenvalue weighted by atomic mass is 10.1. The van der Waals surface area contributed by atoms with Crippen LogP contribution in [-0.2, 0) is 0 Å². The van der Waals surface area contributed by atoms with Crippen LogP contribution in [-0.4, -0.2) is 0 Å². The molecule has 0 bridgehead atoms. The molecule has 0 radical (unpaired) electrons. The summed E-state index contributed by atoms with van der Waals surface area (Å²) in [6, 6.07) is 12.7. The Balaban J connectivity index is 2.33. The number of rotatable bonds is 2. The van der Waals surface area contributed by atoms with E-state index in [9.17, 15) is 4.39 Å². The molecule has 1 atom stereocenters. The Morgan fingerprint density at radius 3 is 2.18 bits per heavy atom. The van der Waals surface area contributed by atoms with E-state index in [2.05, 4.69) is 31.9 Å². The second-order valence-electron chi connectivity index (χ2n) is 3.59. The van der Waals surface area contributed by atoms with Gasteiger partial charge in [0.1, 0.15) is 5.82 Å². The third-order valence-corrected chi connectivity index (χ3v) is 4.27. The third kappa shape index (κ3) is 3.09. The van der Waals surface area contributed by atoms with Crippen molar-refractivity contribution in [2.24, 2.45) is 0 Å². The Morgan fingerprint density at radius 2 is 1.59 bits per heavy atom. The highest BCUT2D eigenvalue weighted by Crippen LogP contribution is 2.33. The third-order valence-electron chi connectivity index (χ3n) is 2.40. The molecule has 0 aromatic heterocycles. The fourth-order valence-electron chi connectivity index (χ4n) is 1.49. The summed E-state index contributed by atoms with van der Waals surface area (Å²) in [6.45, 7) is 0. The van der Waals surface area contributed by atoms with E-state index in [4.69, 9.17) is 11.6 Å². The van der Waals surface area contributed by atoms with Crippen LogP contribution >= 0.6 is 43.5 Å². The van der Waals surface area contributed by atoms with Gasteiger partial charge in [-0.25, -0.2) is 4.39 Å². The van der Waals surface area contributed by atoms with Crippen LogP contribution in [0, 0.1) is 5.82 Å². The highest BCUT2D eigenvalue weighted by atomic mass is 79.9. The fraction of sp³-hybridized carbons (Fsp3) is 0.0769. The van der Waals surface area contributed by atoms with E-state index in [1.54, 1.807) is 12.1 Å². The van der Waals surface area contributed by atoms with E-state index in [0.717, 1.165) is 15.6 Å². The van der Waals surface area contributed by atoms with Gasteiger partial charge in [-0.15, -0.1) is 0 Å². The molecule has 17 heavy (non-hydrogen) atoms. The second kappa shape index (κ2) is 5.51. The molecule has 0 saturated heterocycles. The monoisotopic (exact) mass is 376 g/mol. The van der Waals surface area contributed by atoms with E-state index >= 15 is 0 Å². The first-order chi connectivity index (χ1) is 8.08. The molecule has 2 rings (SSSR count). The van der Waals surface area contributed by atoms with Crippen molar-refractivity contribution in [3.8, 4) is 0 Å². The predicted molar refractivity (Wildman–Crippen MR) is 76.3 cm³/mol. The minimum atomic E-state index is -0.397. The van der Waals surface area contributed by atoms with Crippen molar-refractivity contribution in [3.05, 3.63) is 68.9 Å². The number of hydrogen-bond acceptors (Lipinski definition) is 0. The van der Waals surface area contributed by atoms with Crippen LogP contribution in [0.1, 0.15) is 16.0 Å². The van der Waals surface area contributed by atoms with E-state index in [-0.39, 0.29) is 9.85 Å². The molecule has 88 valence electrons. The molecule has 2 aromatic rings. The summed E-state index contributed by atoms with van der Waals surface area (Å²) in [4.78, 5) is 0.00806. The fourth-order valence-corrected chi connectivity index (χ4v) is 2.54. The Labute approximate surface area is 121 Å². The van der Waals surface area contributed by atoms with Gasteiger partial charge in [-0.1, -0.05) is 61.7 Å². The number of halogens is 4. The first-order valence-electron chi connectivity index (χ1n) is 4.92. The average molecular weight is 378 g/mol. The zero-order valence-corrected chi connectivity index (χ0v) is 12.6. The van der Waals surface area contributed by atoms with E-state index < -0.39 is 5.82 Å². The van der Waals surface area contributed by atoms with Gasteiger partial charge in [-0.3, -0.25) is 0 Å². The molecule has 2 aromatic carbocycles. The molecule has 0 aliphatic heterocycles. The molecule has 1 unspecified atom stereocenters. The summed E-state index contributed by atoms with van der Waals surface area (Å²) < 4.78 is 14.1. The molecule has 0 heterocycles. The normalized spacial score (nSPS) is 12.5. The van der Waals surface area contributed by atoms with Crippen molar-refractivity contribution < 1.29 is 4.39 Å². The van der Waals surface area contributed by atoms with Crippen LogP contribution in [0.2, 0.25) is 5.02 Å². The van der Waals surface area contributed by atoms with Gasteiger partial charge in [0, 0.05) is 4.47 Å². The SMILES string of the molecule is Fc1ccc(C(Br)c2ccc(Br)cc2)cc1Cl. The lowest BCUT2D eigenvalue weighted by Crippen LogP contribution is -1.93. The molecule has 0 N–H and O–H groups in total. The Bertz CT molecular complexity index is 525. The molecule has 0 fully saturated rings. The summed E-state index contributed by atoms with van der Waals surface area (Å²) in [5.74, 6) is -0.397. The van der Waals surface area contributed by atoms with Gasteiger partial charge in [0.25, 0.3) is 0 Å². The van der Waals surface area contributed by atoms with Crippen LogP contribution in [0.15, 0.2) is 46.9 Å². The van der Waals surface area contributed by atoms with E-state index in [0.29, 0.717) is 0 Å². The lowest BCUT2D eigenvalue weighted by Gasteiger charge is -2.11. The second-order valence-corrected chi connectivity index (χ2v) is 5.83. The lowest BCUT2D eigenvalue weighted by molar-refractivity contribution is 0.627. The predicted octanol–water partition coefficient (Wildman–Crippen LogP) is 5.73. The maximum Gasteiger partial charge on any atom is 0.141 e. The number of hydrogen-bond donors (Lipinski definition) is 0. The van der Waals surface area contributed by atoms with Crippen molar-refractivity contribution in [2.75, 3.05) is 0 Å². The van der Waals surface area contributed by atoms with Crippen molar-refractivity contribution in [3.63, 3.8) is 0 Å². The van der Waals surface area contributed by atoms with Gasteiger partial charge >= 0.3 is 0 Å². The van der Waals surface area contributed by atoms with Gasteiger partial charge in [-0.05, 0) is 35.4 Å². The molecular formula is C13H8Br2ClF. The summed E-state index contributed by atoms with van der Waals surface area (Å²) in [6.07, 6.45) is 0. The van der Waals surface area contributed by atoms with Gasteiger partial charge < -0.3 is 0 Å². The zero-order chi connectivity index (χ0) is 12.4. The van der Waals surface area contributed by atoms with E-state index in [1.807, 2.05) is 24.3 Å². The molecule has 0 amide bonds. The topological polar surface area (TPSA) is 0 Å². The molecule has 0 aliphatic carbocycles. The maximum absolute atomic E-state index is 13.1. The van der Waals surface area contributed by atoms with Gasteiger partial charge in [0.05, 0.1) is 9.85 Å². The average Bonchev–Trinajstić information content (AvgIpc) is 2.33. The minimum absolute atomic E-state index is 0.00806. The van der Waals surface area contributed by atoms with Crippen LogP contribution in [0.5, 0.6) is 0 Å². The van der Waals surface area contributed by atoms with Crippen LogP contribution in [0.4, 0.5) is 4.39 Å². The summed E-state index contributed by atoms with van der Waals surface area (Å²) >= 11 is 12.7. The highest BCUT2D eigenvalue weighted by molar-refractivity contribution is 9.10. The first-order valence-corrected chi connectivity index (χ1v) is 7.01. The van der Waals surface area contributed by atoms with Crippen molar-refractivity contribution in [1.82, 2.24) is 0 Å². The van der Waals surface area contributed by atoms with Gasteiger partial charge in [0.15, 0.2) is 0 Å². The quantitative estimate of drug-likeness (QED) is 0.586. The first kappa shape index (κ1) is 13.1. The van der Waals surface area contributed by atoms with Crippen LogP contribution in [0.25, 0.3) is 0 Å². The summed E-state index contributed by atoms with van der Waals surface area (Å²) in [5, 5.41) is 0.143. The standard InChI is InChI=1S/C13H8Br2ClF/c14-10-4-1-8(2-5-10)13(15)9-3-6-12(17)11(16)7-9/h1-7,13H. The summed E-state index contributed by atoms with van der Waals surface area (Å²) in [5.41, 5.74) is 2.02. The molecule has 0 spiro atoms. The van der Waals surface area contributed by atoms with Gasteiger partial charge in [-0.2, -0.15) is 0 Å². The molecule has 0 aliphatic rings. The largest absolute Gasteiger partial charge is 0.205 e. The molecule has 0 saturated carbocycles. The van der Waals surface area contributed by atoms with Gasteiger partial charge in [0.2, 0.25) is 0 Å². The smallest absolute Gasteiger partial charge is 0.141 e. The Morgan fingerprint density at radius 1 is 1.00 bits per heavy atom. The van der Waals surface area contributed by atoms with Crippen LogP contribution in [0.3, 0.4) is 0 Å². The number of alkyl halides is 1. The Kier molecular flexibility index (Phi) is 4.23. The zero-order valence-electron chi connectivity index (χ0n) is 8.63.